The highest BCUT2D eigenvalue weighted by Gasteiger charge is 2.25. The second-order valence-corrected chi connectivity index (χ2v) is 4.64. The summed E-state index contributed by atoms with van der Waals surface area (Å²) in [7, 11) is 0. The summed E-state index contributed by atoms with van der Waals surface area (Å²) < 4.78 is 5.34. The summed E-state index contributed by atoms with van der Waals surface area (Å²) in [5, 5.41) is 15.0. The molecule has 1 rings (SSSR count). The van der Waals surface area contributed by atoms with Crippen LogP contribution in [0.1, 0.15) is 27.2 Å². The average Bonchev–Trinajstić information content (AvgIpc) is 2.60. The van der Waals surface area contributed by atoms with Gasteiger partial charge >= 0.3 is 6.03 Å². The van der Waals surface area contributed by atoms with Crippen molar-refractivity contribution in [3.8, 4) is 0 Å². The molecule has 3 atom stereocenters. The van der Waals surface area contributed by atoms with E-state index in [0.717, 1.165) is 6.42 Å². The quantitative estimate of drug-likeness (QED) is 0.658. The molecule has 16 heavy (non-hydrogen) atoms. The van der Waals surface area contributed by atoms with Gasteiger partial charge in [0.25, 0.3) is 0 Å². The Morgan fingerprint density at radius 3 is 2.75 bits per heavy atom. The molecule has 1 aliphatic rings. The van der Waals surface area contributed by atoms with Gasteiger partial charge in [-0.25, -0.2) is 4.79 Å². The van der Waals surface area contributed by atoms with Crippen LogP contribution < -0.4 is 10.6 Å². The van der Waals surface area contributed by atoms with Gasteiger partial charge in [0, 0.05) is 13.2 Å². The van der Waals surface area contributed by atoms with Crippen LogP contribution in [0.5, 0.6) is 0 Å². The van der Waals surface area contributed by atoms with Crippen molar-refractivity contribution in [1.82, 2.24) is 10.6 Å². The second-order valence-electron chi connectivity index (χ2n) is 4.64. The van der Waals surface area contributed by atoms with E-state index in [1.807, 2.05) is 20.8 Å². The van der Waals surface area contributed by atoms with Gasteiger partial charge in [-0.1, -0.05) is 13.8 Å². The van der Waals surface area contributed by atoms with Gasteiger partial charge in [-0.15, -0.1) is 0 Å². The smallest absolute Gasteiger partial charge is 0.315 e. The van der Waals surface area contributed by atoms with Crippen LogP contribution in [0.15, 0.2) is 0 Å². The summed E-state index contributed by atoms with van der Waals surface area (Å²) in [5.74, 6) is 0.147. The summed E-state index contributed by atoms with van der Waals surface area (Å²) in [4.78, 5) is 11.5. The maximum Gasteiger partial charge on any atom is 0.315 e. The van der Waals surface area contributed by atoms with E-state index < -0.39 is 6.10 Å². The zero-order chi connectivity index (χ0) is 12.1. The van der Waals surface area contributed by atoms with Crippen LogP contribution in [0.25, 0.3) is 0 Å². The Labute approximate surface area is 96.6 Å². The molecule has 1 aliphatic heterocycles. The second kappa shape index (κ2) is 6.06. The molecule has 0 aromatic rings. The molecule has 3 N–H and O–H groups in total. The van der Waals surface area contributed by atoms with Crippen LogP contribution in [-0.2, 0) is 4.74 Å². The van der Waals surface area contributed by atoms with Crippen LogP contribution in [-0.4, -0.2) is 42.5 Å². The first kappa shape index (κ1) is 13.3. The van der Waals surface area contributed by atoms with E-state index >= 15 is 0 Å². The molecule has 5 nitrogen and oxygen atoms in total. The fourth-order valence-corrected chi connectivity index (χ4v) is 1.57. The van der Waals surface area contributed by atoms with E-state index in [0.29, 0.717) is 6.61 Å². The summed E-state index contributed by atoms with van der Waals surface area (Å²) in [6.45, 7) is 6.75. The molecule has 3 unspecified atom stereocenters. The van der Waals surface area contributed by atoms with Crippen LogP contribution in [0.2, 0.25) is 0 Å². The minimum absolute atomic E-state index is 0.0702. The average molecular weight is 230 g/mol. The summed E-state index contributed by atoms with van der Waals surface area (Å²) >= 11 is 0. The first-order chi connectivity index (χ1) is 7.50. The van der Waals surface area contributed by atoms with Crippen LogP contribution in [0.3, 0.4) is 0 Å². The topological polar surface area (TPSA) is 70.6 Å². The Bertz CT molecular complexity index is 233. The maximum absolute atomic E-state index is 11.5. The van der Waals surface area contributed by atoms with Crippen LogP contribution in [0, 0.1) is 5.92 Å². The first-order valence-corrected chi connectivity index (χ1v) is 5.84. The molecule has 1 saturated heterocycles. The SMILES string of the molecule is CC(C)C(O)CNC(=O)NC1CCOC1C. The Kier molecular flexibility index (Phi) is 5.02. The molecule has 0 spiro atoms. The zero-order valence-electron chi connectivity index (χ0n) is 10.2. The summed E-state index contributed by atoms with van der Waals surface area (Å²) in [5.41, 5.74) is 0. The number of aliphatic hydroxyl groups is 1. The lowest BCUT2D eigenvalue weighted by Crippen LogP contribution is -2.47. The van der Waals surface area contributed by atoms with Crippen LogP contribution in [0.4, 0.5) is 4.79 Å². The third-order valence-corrected chi connectivity index (χ3v) is 2.93. The largest absolute Gasteiger partial charge is 0.391 e. The lowest BCUT2D eigenvalue weighted by atomic mass is 10.1. The van der Waals surface area contributed by atoms with E-state index in [9.17, 15) is 9.90 Å². The number of hydrogen-bond donors (Lipinski definition) is 3. The summed E-state index contributed by atoms with van der Waals surface area (Å²) in [6, 6.07) is -0.154. The third-order valence-electron chi connectivity index (χ3n) is 2.93. The number of carbonyl (C=O) groups excluding carboxylic acids is 1. The van der Waals surface area contributed by atoms with Gasteiger partial charge in [-0.2, -0.15) is 0 Å². The van der Waals surface area contributed by atoms with Crippen molar-refractivity contribution in [2.45, 2.75) is 45.4 Å². The highest BCUT2D eigenvalue weighted by atomic mass is 16.5. The predicted molar refractivity (Wildman–Crippen MR) is 61.2 cm³/mol. The van der Waals surface area contributed by atoms with E-state index in [2.05, 4.69) is 10.6 Å². The molecule has 1 fully saturated rings. The molecule has 0 saturated carbocycles. The highest BCUT2D eigenvalue weighted by Crippen LogP contribution is 2.12. The number of amides is 2. The zero-order valence-corrected chi connectivity index (χ0v) is 10.2. The molecule has 94 valence electrons. The number of carbonyl (C=O) groups is 1. The molecule has 5 heteroatoms. The van der Waals surface area contributed by atoms with Gasteiger partial charge in [0.05, 0.1) is 18.2 Å². The van der Waals surface area contributed by atoms with E-state index in [-0.39, 0.29) is 30.6 Å². The standard InChI is InChI=1S/C11H22N2O3/c1-7(2)10(14)6-12-11(15)13-9-4-5-16-8(9)3/h7-10,14H,4-6H2,1-3H3,(H2,12,13,15). The number of aliphatic hydroxyl groups excluding tert-OH is 1. The molecular formula is C11H22N2O3. The minimum atomic E-state index is -0.497. The van der Waals surface area contributed by atoms with Crippen molar-refractivity contribution in [2.24, 2.45) is 5.92 Å². The monoisotopic (exact) mass is 230 g/mol. The molecule has 0 radical (unpaired) electrons. The van der Waals surface area contributed by atoms with Crippen molar-refractivity contribution in [1.29, 1.82) is 0 Å². The fraction of sp³-hybridized carbons (Fsp3) is 0.909. The molecule has 1 heterocycles. The number of rotatable bonds is 4. The lowest BCUT2D eigenvalue weighted by molar-refractivity contribution is 0.112. The first-order valence-electron chi connectivity index (χ1n) is 5.84. The Morgan fingerprint density at radius 2 is 2.25 bits per heavy atom. The Morgan fingerprint density at radius 1 is 1.56 bits per heavy atom. The fourth-order valence-electron chi connectivity index (χ4n) is 1.57. The Balaban J connectivity index is 2.20. The summed E-state index contributed by atoms with van der Waals surface area (Å²) in [6.07, 6.45) is 0.421. The molecule has 0 aromatic heterocycles. The van der Waals surface area contributed by atoms with Gasteiger partial charge in [-0.05, 0) is 19.3 Å². The van der Waals surface area contributed by atoms with Crippen molar-refractivity contribution in [2.75, 3.05) is 13.2 Å². The number of urea groups is 1. The molecule has 0 aromatic carbocycles. The van der Waals surface area contributed by atoms with E-state index in [1.165, 1.54) is 0 Å². The third kappa shape index (κ3) is 3.98. The molecule has 0 aliphatic carbocycles. The number of ether oxygens (including phenoxy) is 1. The highest BCUT2D eigenvalue weighted by molar-refractivity contribution is 5.74. The van der Waals surface area contributed by atoms with Crippen molar-refractivity contribution in [3.05, 3.63) is 0 Å². The van der Waals surface area contributed by atoms with Gasteiger partial charge in [0.15, 0.2) is 0 Å². The van der Waals surface area contributed by atoms with Gasteiger partial charge in [-0.3, -0.25) is 0 Å². The van der Waals surface area contributed by atoms with Crippen LogP contribution >= 0.6 is 0 Å². The Hall–Kier alpha value is -0.810. The van der Waals surface area contributed by atoms with Crippen molar-refractivity contribution in [3.63, 3.8) is 0 Å². The molecular weight excluding hydrogens is 208 g/mol. The number of hydrogen-bond acceptors (Lipinski definition) is 3. The normalized spacial score (nSPS) is 26.8. The maximum atomic E-state index is 11.5. The van der Waals surface area contributed by atoms with Gasteiger partial charge in [0.1, 0.15) is 0 Å². The van der Waals surface area contributed by atoms with Gasteiger partial charge in [0.2, 0.25) is 0 Å². The molecule has 2 amide bonds. The number of nitrogens with one attached hydrogen (secondary N) is 2. The van der Waals surface area contributed by atoms with Crippen molar-refractivity contribution >= 4 is 6.03 Å². The lowest BCUT2D eigenvalue weighted by Gasteiger charge is -2.19. The van der Waals surface area contributed by atoms with Crippen molar-refractivity contribution < 1.29 is 14.6 Å². The van der Waals surface area contributed by atoms with E-state index in [1.54, 1.807) is 0 Å². The minimum Gasteiger partial charge on any atom is -0.391 e. The van der Waals surface area contributed by atoms with Gasteiger partial charge < -0.3 is 20.5 Å². The predicted octanol–water partition coefficient (Wildman–Crippen LogP) is 0.480. The molecule has 0 bridgehead atoms. The van der Waals surface area contributed by atoms with E-state index in [4.69, 9.17) is 4.74 Å².